The summed E-state index contributed by atoms with van der Waals surface area (Å²) in [6.07, 6.45) is 0. The second-order valence-electron chi connectivity index (χ2n) is 8.32. The lowest BCUT2D eigenvalue weighted by atomic mass is 9.88. The van der Waals surface area contributed by atoms with Crippen LogP contribution >= 0.6 is 11.3 Å². The molecule has 2 unspecified atom stereocenters. The zero-order chi connectivity index (χ0) is 19.4. The SMILES string of the molecule is CC(=O)N(CC(C)C)CC1CN(Cc2sccc2C)CC1c1ccccc1. The molecule has 1 amide bonds. The number of carbonyl (C=O) groups excluding carboxylic acids is 1. The summed E-state index contributed by atoms with van der Waals surface area (Å²) in [5.41, 5.74) is 2.80. The van der Waals surface area contributed by atoms with Crippen molar-refractivity contribution >= 4 is 17.2 Å². The highest BCUT2D eigenvalue weighted by atomic mass is 32.1. The molecule has 3 rings (SSSR count). The van der Waals surface area contributed by atoms with Crippen molar-refractivity contribution in [2.24, 2.45) is 11.8 Å². The normalized spacial score (nSPS) is 20.3. The molecular weight excluding hydrogens is 352 g/mol. The standard InChI is InChI=1S/C23H32N2OS/c1-17(2)12-25(19(4)26)14-21-13-24(16-23-18(3)10-11-27-23)15-22(21)20-8-6-5-7-9-20/h5-11,17,21-22H,12-16H2,1-4H3. The van der Waals surface area contributed by atoms with Gasteiger partial charge < -0.3 is 4.90 Å². The molecule has 0 radical (unpaired) electrons. The fourth-order valence-electron chi connectivity index (χ4n) is 4.18. The summed E-state index contributed by atoms with van der Waals surface area (Å²) in [7, 11) is 0. The number of hydrogen-bond acceptors (Lipinski definition) is 3. The van der Waals surface area contributed by atoms with Crippen LogP contribution in [0.15, 0.2) is 41.8 Å². The molecule has 1 aromatic heterocycles. The minimum atomic E-state index is 0.197. The van der Waals surface area contributed by atoms with E-state index in [2.05, 4.69) is 72.3 Å². The maximum Gasteiger partial charge on any atom is 0.219 e. The van der Waals surface area contributed by atoms with E-state index in [9.17, 15) is 4.79 Å². The molecule has 3 nitrogen and oxygen atoms in total. The molecule has 0 aliphatic carbocycles. The maximum absolute atomic E-state index is 12.2. The Morgan fingerprint density at radius 1 is 1.22 bits per heavy atom. The van der Waals surface area contributed by atoms with Gasteiger partial charge in [0.15, 0.2) is 0 Å². The first-order valence-electron chi connectivity index (χ1n) is 9.99. The van der Waals surface area contributed by atoms with Crippen molar-refractivity contribution < 1.29 is 4.79 Å². The van der Waals surface area contributed by atoms with E-state index in [0.29, 0.717) is 17.8 Å². The number of likely N-dealkylation sites (tertiary alicyclic amines) is 1. The lowest BCUT2D eigenvalue weighted by molar-refractivity contribution is -0.130. The highest BCUT2D eigenvalue weighted by Crippen LogP contribution is 2.35. The van der Waals surface area contributed by atoms with Crippen LogP contribution < -0.4 is 0 Å². The largest absolute Gasteiger partial charge is 0.342 e. The van der Waals surface area contributed by atoms with E-state index in [1.165, 1.54) is 16.0 Å². The lowest BCUT2D eigenvalue weighted by Crippen LogP contribution is -2.38. The van der Waals surface area contributed by atoms with Crippen molar-refractivity contribution in [3.8, 4) is 0 Å². The fourth-order valence-corrected chi connectivity index (χ4v) is 5.12. The Bertz CT molecular complexity index is 740. The third-order valence-electron chi connectivity index (χ3n) is 5.57. The molecule has 0 saturated carbocycles. The minimum absolute atomic E-state index is 0.197. The van der Waals surface area contributed by atoms with Crippen LogP contribution in [0.2, 0.25) is 0 Å². The zero-order valence-corrected chi connectivity index (χ0v) is 17.8. The number of nitrogens with zero attached hydrogens (tertiary/aromatic N) is 2. The summed E-state index contributed by atoms with van der Waals surface area (Å²) in [6, 6.07) is 13.1. The minimum Gasteiger partial charge on any atom is -0.342 e. The highest BCUT2D eigenvalue weighted by Gasteiger charge is 2.35. The summed E-state index contributed by atoms with van der Waals surface area (Å²) >= 11 is 1.86. The molecule has 1 aromatic carbocycles. The van der Waals surface area contributed by atoms with Crippen molar-refractivity contribution in [1.82, 2.24) is 9.80 Å². The Morgan fingerprint density at radius 3 is 2.56 bits per heavy atom. The molecule has 0 spiro atoms. The molecule has 27 heavy (non-hydrogen) atoms. The molecular formula is C23H32N2OS. The van der Waals surface area contributed by atoms with Gasteiger partial charge in [0.25, 0.3) is 0 Å². The molecule has 1 aliphatic rings. The summed E-state index contributed by atoms with van der Waals surface area (Å²) in [5.74, 6) is 1.66. The smallest absolute Gasteiger partial charge is 0.219 e. The van der Waals surface area contributed by atoms with Crippen LogP contribution in [0.1, 0.15) is 42.7 Å². The van der Waals surface area contributed by atoms with Crippen molar-refractivity contribution in [2.45, 2.75) is 40.2 Å². The van der Waals surface area contributed by atoms with Crippen molar-refractivity contribution in [1.29, 1.82) is 0 Å². The van der Waals surface area contributed by atoms with Crippen LogP contribution in [-0.2, 0) is 11.3 Å². The monoisotopic (exact) mass is 384 g/mol. The predicted molar refractivity (Wildman–Crippen MR) is 114 cm³/mol. The van der Waals surface area contributed by atoms with E-state index in [4.69, 9.17) is 0 Å². The number of aryl methyl sites for hydroxylation is 1. The molecule has 1 saturated heterocycles. The lowest BCUT2D eigenvalue weighted by Gasteiger charge is -2.29. The molecule has 146 valence electrons. The van der Waals surface area contributed by atoms with Crippen molar-refractivity contribution in [2.75, 3.05) is 26.2 Å². The molecule has 1 fully saturated rings. The van der Waals surface area contributed by atoms with Gasteiger partial charge in [-0.2, -0.15) is 0 Å². The van der Waals surface area contributed by atoms with Gasteiger partial charge in [-0.3, -0.25) is 9.69 Å². The van der Waals surface area contributed by atoms with Gasteiger partial charge in [0, 0.05) is 50.4 Å². The van der Waals surface area contributed by atoms with E-state index >= 15 is 0 Å². The van der Waals surface area contributed by atoms with Crippen LogP contribution in [0.4, 0.5) is 0 Å². The third-order valence-corrected chi connectivity index (χ3v) is 6.57. The molecule has 4 heteroatoms. The number of carbonyl (C=O) groups is 1. The maximum atomic E-state index is 12.2. The highest BCUT2D eigenvalue weighted by molar-refractivity contribution is 7.10. The molecule has 0 bridgehead atoms. The van der Waals surface area contributed by atoms with Gasteiger partial charge in [-0.05, 0) is 41.3 Å². The van der Waals surface area contributed by atoms with Crippen LogP contribution in [-0.4, -0.2) is 41.9 Å². The first-order chi connectivity index (χ1) is 12.9. The first-order valence-corrected chi connectivity index (χ1v) is 10.9. The van der Waals surface area contributed by atoms with Gasteiger partial charge in [0.2, 0.25) is 5.91 Å². The second kappa shape index (κ2) is 9.03. The Morgan fingerprint density at radius 2 is 1.96 bits per heavy atom. The van der Waals surface area contributed by atoms with Crippen LogP contribution in [0.5, 0.6) is 0 Å². The average molecular weight is 385 g/mol. The Hall–Kier alpha value is -1.65. The summed E-state index contributed by atoms with van der Waals surface area (Å²) < 4.78 is 0. The first kappa shape index (κ1) is 20.1. The molecule has 2 atom stereocenters. The third kappa shape index (κ3) is 5.20. The quantitative estimate of drug-likeness (QED) is 0.686. The van der Waals surface area contributed by atoms with Crippen molar-refractivity contribution in [3.05, 3.63) is 57.8 Å². The summed E-state index contributed by atoms with van der Waals surface area (Å²) in [4.78, 5) is 18.3. The molecule has 2 aromatic rings. The number of rotatable bonds is 7. The van der Waals surface area contributed by atoms with Gasteiger partial charge in [-0.1, -0.05) is 44.2 Å². The number of thiophene rings is 1. The van der Waals surface area contributed by atoms with Gasteiger partial charge in [-0.15, -0.1) is 11.3 Å². The van der Waals surface area contributed by atoms with E-state index in [1.54, 1.807) is 6.92 Å². The van der Waals surface area contributed by atoms with E-state index in [1.807, 2.05) is 11.3 Å². The number of hydrogen-bond donors (Lipinski definition) is 0. The number of amides is 1. The molecule has 2 heterocycles. The predicted octanol–water partition coefficient (Wildman–Crippen LogP) is 4.78. The van der Waals surface area contributed by atoms with E-state index in [0.717, 1.165) is 32.7 Å². The van der Waals surface area contributed by atoms with E-state index in [-0.39, 0.29) is 5.91 Å². The average Bonchev–Trinajstić information content (AvgIpc) is 3.21. The fraction of sp³-hybridized carbons (Fsp3) is 0.522. The van der Waals surface area contributed by atoms with Gasteiger partial charge in [0.1, 0.15) is 0 Å². The Balaban J connectivity index is 1.77. The van der Waals surface area contributed by atoms with Gasteiger partial charge in [-0.25, -0.2) is 0 Å². The van der Waals surface area contributed by atoms with Crippen LogP contribution in [0, 0.1) is 18.8 Å². The Labute approximate surface area is 168 Å². The Kier molecular flexibility index (Phi) is 6.72. The zero-order valence-electron chi connectivity index (χ0n) is 17.0. The second-order valence-corrected chi connectivity index (χ2v) is 9.32. The topological polar surface area (TPSA) is 23.6 Å². The van der Waals surface area contributed by atoms with Crippen molar-refractivity contribution in [3.63, 3.8) is 0 Å². The van der Waals surface area contributed by atoms with Crippen LogP contribution in [0.25, 0.3) is 0 Å². The molecule has 1 aliphatic heterocycles. The van der Waals surface area contributed by atoms with Crippen LogP contribution in [0.3, 0.4) is 0 Å². The summed E-state index contributed by atoms with van der Waals surface area (Å²) in [5, 5.41) is 2.19. The van der Waals surface area contributed by atoms with E-state index < -0.39 is 0 Å². The summed E-state index contributed by atoms with van der Waals surface area (Å²) in [6.45, 7) is 13.1. The van der Waals surface area contributed by atoms with Gasteiger partial charge >= 0.3 is 0 Å². The number of benzene rings is 1. The van der Waals surface area contributed by atoms with Gasteiger partial charge in [0.05, 0.1) is 0 Å². The molecule has 0 N–H and O–H groups in total.